The molecule has 0 aromatic rings. The summed E-state index contributed by atoms with van der Waals surface area (Å²) in [6, 6.07) is 0. The van der Waals surface area contributed by atoms with Crippen LogP contribution >= 0.6 is 0 Å². The molecule has 3 saturated carbocycles. The molecule has 0 aromatic carbocycles. The van der Waals surface area contributed by atoms with Gasteiger partial charge in [-0.25, -0.2) is 4.79 Å². The average molecular weight is 363 g/mol. The maximum Gasteiger partial charge on any atom is 0.333 e. The first kappa shape index (κ1) is 19.4. The molecule has 2 bridgehead atoms. The van der Waals surface area contributed by atoms with Crippen LogP contribution in [0, 0.1) is 23.7 Å². The van der Waals surface area contributed by atoms with Crippen molar-refractivity contribution in [3.05, 3.63) is 12.2 Å². The van der Waals surface area contributed by atoms with Gasteiger partial charge in [0, 0.05) is 5.57 Å². The van der Waals surface area contributed by atoms with Crippen molar-refractivity contribution in [3.8, 4) is 0 Å². The number of rotatable bonds is 9. The third-order valence-corrected chi connectivity index (χ3v) is 6.72. The third-order valence-electron chi connectivity index (χ3n) is 6.72. The molecule has 5 unspecified atom stereocenters. The van der Waals surface area contributed by atoms with E-state index in [1.165, 1.54) is 44.9 Å². The Kier molecular flexibility index (Phi) is 6.77. The predicted molar refractivity (Wildman–Crippen MR) is 100 cm³/mol. The number of carbonyl (C=O) groups is 2. The Morgan fingerprint density at radius 3 is 2.54 bits per heavy atom. The van der Waals surface area contributed by atoms with Gasteiger partial charge in [0.25, 0.3) is 0 Å². The van der Waals surface area contributed by atoms with Gasteiger partial charge in [0.15, 0.2) is 0 Å². The molecule has 0 amide bonds. The summed E-state index contributed by atoms with van der Waals surface area (Å²) in [4.78, 5) is 23.4. The first-order chi connectivity index (χ1) is 12.5. The van der Waals surface area contributed by atoms with Crippen LogP contribution in [-0.4, -0.2) is 24.6 Å². The molecule has 1 saturated heterocycles. The standard InChI is InChI=1S/C22H34O4/c1-15(2)21(23)26-20-14-16-9-10-19(20)18(13-16)8-6-4-3-5-7-17-11-12-25-22(17)24/h16-20H,1,3-14H2,2H3. The fourth-order valence-electron chi connectivity index (χ4n) is 5.25. The Balaban J connectivity index is 1.34. The quantitative estimate of drug-likeness (QED) is 0.335. The maximum absolute atomic E-state index is 11.9. The van der Waals surface area contributed by atoms with Crippen LogP contribution in [0.3, 0.4) is 0 Å². The SMILES string of the molecule is C=C(C)C(=O)OC1CC2CCC1C(CCCCCCC1CCOC1=O)C2. The lowest BCUT2D eigenvalue weighted by Crippen LogP contribution is -2.44. The zero-order valence-corrected chi connectivity index (χ0v) is 16.2. The molecule has 4 fully saturated rings. The molecular weight excluding hydrogens is 328 g/mol. The summed E-state index contributed by atoms with van der Waals surface area (Å²) in [5.74, 6) is 1.96. The second-order valence-electron chi connectivity index (χ2n) is 8.71. The smallest absolute Gasteiger partial charge is 0.333 e. The van der Waals surface area contributed by atoms with Crippen LogP contribution in [0.2, 0.25) is 0 Å². The first-order valence-electron chi connectivity index (χ1n) is 10.6. The van der Waals surface area contributed by atoms with E-state index in [0.29, 0.717) is 18.1 Å². The van der Waals surface area contributed by atoms with Crippen LogP contribution in [0.25, 0.3) is 0 Å². The largest absolute Gasteiger partial charge is 0.465 e. The summed E-state index contributed by atoms with van der Waals surface area (Å²) in [7, 11) is 0. The van der Waals surface area contributed by atoms with Crippen molar-refractivity contribution in [2.45, 2.75) is 83.7 Å². The van der Waals surface area contributed by atoms with E-state index < -0.39 is 0 Å². The molecule has 1 heterocycles. The van der Waals surface area contributed by atoms with Gasteiger partial charge < -0.3 is 9.47 Å². The average Bonchev–Trinajstić information content (AvgIpc) is 3.03. The molecule has 5 atom stereocenters. The van der Waals surface area contributed by atoms with Crippen molar-refractivity contribution in [2.75, 3.05) is 6.61 Å². The lowest BCUT2D eigenvalue weighted by molar-refractivity contribution is -0.156. The van der Waals surface area contributed by atoms with Crippen LogP contribution in [0.15, 0.2) is 12.2 Å². The van der Waals surface area contributed by atoms with E-state index in [9.17, 15) is 9.59 Å². The fourth-order valence-corrected chi connectivity index (χ4v) is 5.25. The van der Waals surface area contributed by atoms with Crippen molar-refractivity contribution >= 4 is 11.9 Å². The normalized spacial score (nSPS) is 33.1. The second kappa shape index (κ2) is 9.05. The van der Waals surface area contributed by atoms with E-state index in [1.807, 2.05) is 0 Å². The van der Waals surface area contributed by atoms with Crippen LogP contribution in [0.5, 0.6) is 0 Å². The van der Waals surface area contributed by atoms with Crippen LogP contribution < -0.4 is 0 Å². The summed E-state index contributed by atoms with van der Waals surface area (Å²) in [6.07, 6.45) is 13.0. The molecule has 1 aliphatic heterocycles. The van der Waals surface area contributed by atoms with Gasteiger partial charge >= 0.3 is 11.9 Å². The lowest BCUT2D eigenvalue weighted by atomic mass is 9.62. The molecule has 4 heteroatoms. The van der Waals surface area contributed by atoms with E-state index in [0.717, 1.165) is 37.5 Å². The Bertz CT molecular complexity index is 526. The van der Waals surface area contributed by atoms with Crippen molar-refractivity contribution in [1.82, 2.24) is 0 Å². The first-order valence-corrected chi connectivity index (χ1v) is 10.6. The van der Waals surface area contributed by atoms with Gasteiger partial charge in [0.1, 0.15) is 6.10 Å². The van der Waals surface area contributed by atoms with E-state index in [4.69, 9.17) is 9.47 Å². The van der Waals surface area contributed by atoms with Gasteiger partial charge in [0.2, 0.25) is 0 Å². The van der Waals surface area contributed by atoms with Crippen molar-refractivity contribution in [2.24, 2.45) is 23.7 Å². The Labute approximate surface area is 157 Å². The molecule has 26 heavy (non-hydrogen) atoms. The van der Waals surface area contributed by atoms with Crippen LogP contribution in [0.1, 0.15) is 77.6 Å². The molecule has 4 nitrogen and oxygen atoms in total. The molecule has 146 valence electrons. The van der Waals surface area contributed by atoms with Gasteiger partial charge in [-0.15, -0.1) is 0 Å². The summed E-state index contributed by atoms with van der Waals surface area (Å²) in [5.41, 5.74) is 0.508. The number of fused-ring (bicyclic) bond motifs is 3. The van der Waals surface area contributed by atoms with E-state index in [1.54, 1.807) is 6.92 Å². The van der Waals surface area contributed by atoms with Crippen molar-refractivity contribution < 1.29 is 19.1 Å². The van der Waals surface area contributed by atoms with Crippen LogP contribution in [0.4, 0.5) is 0 Å². The molecule has 4 rings (SSSR count). The van der Waals surface area contributed by atoms with Gasteiger partial charge in [-0.3, -0.25) is 4.79 Å². The number of ether oxygens (including phenoxy) is 2. The zero-order chi connectivity index (χ0) is 18.5. The van der Waals surface area contributed by atoms with Gasteiger partial charge in [-0.05, 0) is 63.2 Å². The van der Waals surface area contributed by atoms with Gasteiger partial charge in [-0.2, -0.15) is 0 Å². The highest BCUT2D eigenvalue weighted by Crippen LogP contribution is 2.48. The molecule has 3 aliphatic carbocycles. The molecule has 4 aliphatic rings. The summed E-state index contributed by atoms with van der Waals surface area (Å²) in [5, 5.41) is 0. The lowest BCUT2D eigenvalue weighted by Gasteiger charge is -2.47. The Morgan fingerprint density at radius 1 is 1.12 bits per heavy atom. The minimum atomic E-state index is -0.216. The highest BCUT2D eigenvalue weighted by Gasteiger charge is 2.43. The number of esters is 2. The van der Waals surface area contributed by atoms with Crippen molar-refractivity contribution in [1.29, 1.82) is 0 Å². The number of cyclic esters (lactones) is 1. The highest BCUT2D eigenvalue weighted by molar-refractivity contribution is 5.87. The summed E-state index contributed by atoms with van der Waals surface area (Å²) in [6.45, 7) is 6.05. The monoisotopic (exact) mass is 362 g/mol. The van der Waals surface area contributed by atoms with Gasteiger partial charge in [0.05, 0.1) is 12.5 Å². The zero-order valence-electron chi connectivity index (χ0n) is 16.2. The number of carbonyl (C=O) groups excluding carboxylic acids is 2. The van der Waals surface area contributed by atoms with E-state index in [-0.39, 0.29) is 24.0 Å². The van der Waals surface area contributed by atoms with Crippen molar-refractivity contribution in [3.63, 3.8) is 0 Å². The Hall–Kier alpha value is -1.32. The fraction of sp³-hybridized carbons (Fsp3) is 0.818. The summed E-state index contributed by atoms with van der Waals surface area (Å²) < 4.78 is 10.8. The third kappa shape index (κ3) is 4.89. The van der Waals surface area contributed by atoms with E-state index >= 15 is 0 Å². The number of hydrogen-bond donors (Lipinski definition) is 0. The van der Waals surface area contributed by atoms with Gasteiger partial charge in [-0.1, -0.05) is 38.7 Å². The maximum atomic E-state index is 11.9. The molecule has 0 N–H and O–H groups in total. The number of hydrogen-bond acceptors (Lipinski definition) is 4. The minimum Gasteiger partial charge on any atom is -0.465 e. The predicted octanol–water partition coefficient (Wildman–Crippen LogP) is 4.81. The molecular formula is C22H34O4. The van der Waals surface area contributed by atoms with Crippen LogP contribution in [-0.2, 0) is 19.1 Å². The number of unbranched alkanes of at least 4 members (excludes halogenated alkanes) is 3. The highest BCUT2D eigenvalue weighted by atomic mass is 16.5. The Morgan fingerprint density at radius 2 is 1.88 bits per heavy atom. The summed E-state index contributed by atoms with van der Waals surface area (Å²) >= 11 is 0. The van der Waals surface area contributed by atoms with E-state index in [2.05, 4.69) is 6.58 Å². The minimum absolute atomic E-state index is 0.0126. The molecule has 0 spiro atoms. The molecule has 0 aromatic heterocycles. The second-order valence-corrected chi connectivity index (χ2v) is 8.71. The molecule has 0 radical (unpaired) electrons. The topological polar surface area (TPSA) is 52.6 Å².